The van der Waals surface area contributed by atoms with Crippen LogP contribution in [0.2, 0.25) is 0 Å². The van der Waals surface area contributed by atoms with Crippen LogP contribution in [0.1, 0.15) is 23.8 Å². The molecule has 0 unspecified atom stereocenters. The molecule has 1 aliphatic heterocycles. The van der Waals surface area contributed by atoms with Gasteiger partial charge in [-0.1, -0.05) is 25.1 Å². The van der Waals surface area contributed by atoms with Crippen LogP contribution in [0.25, 0.3) is 5.69 Å². The zero-order chi connectivity index (χ0) is 16.9. The first-order valence-electron chi connectivity index (χ1n) is 8.01. The topological polar surface area (TPSA) is 76.5 Å². The zero-order valence-electron chi connectivity index (χ0n) is 13.6. The van der Waals surface area contributed by atoms with Gasteiger partial charge in [-0.2, -0.15) is 5.10 Å². The molecule has 1 fully saturated rings. The Labute approximate surface area is 140 Å². The lowest BCUT2D eigenvalue weighted by Gasteiger charge is -2.25. The molecule has 1 aliphatic rings. The van der Waals surface area contributed by atoms with E-state index in [1.807, 2.05) is 30.3 Å². The van der Waals surface area contributed by atoms with Crippen molar-refractivity contribution < 1.29 is 14.3 Å². The maximum atomic E-state index is 12.6. The van der Waals surface area contributed by atoms with Gasteiger partial charge in [0.05, 0.1) is 18.9 Å². The third kappa shape index (κ3) is 3.46. The number of aromatic nitrogens is 2. The number of hydrogen-bond donors (Lipinski definition) is 1. The predicted octanol–water partition coefficient (Wildman–Crippen LogP) is 1.69. The monoisotopic (exact) mass is 328 g/mol. The van der Waals surface area contributed by atoms with Gasteiger partial charge in [0, 0.05) is 25.6 Å². The van der Waals surface area contributed by atoms with E-state index in [9.17, 15) is 9.59 Å². The average molecular weight is 328 g/mol. The van der Waals surface area contributed by atoms with Gasteiger partial charge in [0.2, 0.25) is 5.91 Å². The number of nitrogens with zero attached hydrogens (tertiary/aromatic N) is 3. The van der Waals surface area contributed by atoms with Gasteiger partial charge in [0.25, 0.3) is 5.91 Å². The Balaban J connectivity index is 1.93. The van der Waals surface area contributed by atoms with Crippen LogP contribution >= 0.6 is 0 Å². The summed E-state index contributed by atoms with van der Waals surface area (Å²) in [5.41, 5.74) is 1.09. The predicted molar refractivity (Wildman–Crippen MR) is 89.2 cm³/mol. The summed E-state index contributed by atoms with van der Waals surface area (Å²) >= 11 is 0. The Morgan fingerprint density at radius 3 is 2.58 bits per heavy atom. The Morgan fingerprint density at radius 2 is 1.92 bits per heavy atom. The summed E-state index contributed by atoms with van der Waals surface area (Å²) < 4.78 is 6.86. The Hall–Kier alpha value is -2.67. The number of rotatable bonds is 4. The van der Waals surface area contributed by atoms with Crippen LogP contribution in [0.4, 0.5) is 5.82 Å². The molecule has 1 N–H and O–H groups in total. The second-order valence-electron chi connectivity index (χ2n) is 5.47. The van der Waals surface area contributed by atoms with E-state index in [4.69, 9.17) is 4.74 Å². The van der Waals surface area contributed by atoms with Crippen molar-refractivity contribution in [2.75, 3.05) is 31.6 Å². The fourth-order valence-corrected chi connectivity index (χ4v) is 2.50. The van der Waals surface area contributed by atoms with Crippen LogP contribution in [-0.4, -0.2) is 52.8 Å². The van der Waals surface area contributed by atoms with Gasteiger partial charge < -0.3 is 15.0 Å². The van der Waals surface area contributed by atoms with Gasteiger partial charge in [-0.05, 0) is 12.1 Å². The summed E-state index contributed by atoms with van der Waals surface area (Å²) in [5, 5.41) is 7.22. The van der Waals surface area contributed by atoms with Crippen molar-refractivity contribution in [1.29, 1.82) is 0 Å². The van der Waals surface area contributed by atoms with E-state index < -0.39 is 0 Å². The molecule has 7 heteroatoms. The van der Waals surface area contributed by atoms with Gasteiger partial charge in [-0.15, -0.1) is 0 Å². The van der Waals surface area contributed by atoms with Crippen LogP contribution in [0, 0.1) is 0 Å². The maximum Gasteiger partial charge on any atom is 0.274 e. The molecule has 24 heavy (non-hydrogen) atoms. The van der Waals surface area contributed by atoms with E-state index in [1.54, 1.807) is 22.6 Å². The van der Waals surface area contributed by atoms with E-state index in [0.29, 0.717) is 44.2 Å². The lowest BCUT2D eigenvalue weighted by molar-refractivity contribution is -0.115. The molecular weight excluding hydrogens is 308 g/mol. The first-order chi connectivity index (χ1) is 11.7. The number of benzene rings is 1. The Morgan fingerprint density at radius 1 is 1.21 bits per heavy atom. The van der Waals surface area contributed by atoms with Crippen molar-refractivity contribution in [3.05, 3.63) is 42.1 Å². The Bertz CT molecular complexity index is 721. The number of nitrogens with one attached hydrogen (secondary N) is 1. The van der Waals surface area contributed by atoms with Crippen molar-refractivity contribution in [2.24, 2.45) is 0 Å². The molecule has 1 aromatic heterocycles. The standard InChI is InChI=1S/C17H20N4O3/c1-2-16(22)18-15-12-14(17(23)20-8-10-24-11-9-20)19-21(15)13-6-4-3-5-7-13/h3-7,12H,2,8-11H2,1H3,(H,18,22). The smallest absolute Gasteiger partial charge is 0.274 e. The molecule has 2 aromatic rings. The number of carbonyl (C=O) groups excluding carboxylic acids is 2. The highest BCUT2D eigenvalue weighted by Gasteiger charge is 2.23. The highest BCUT2D eigenvalue weighted by atomic mass is 16.5. The van der Waals surface area contributed by atoms with Crippen molar-refractivity contribution >= 4 is 17.6 Å². The average Bonchev–Trinajstić information content (AvgIpc) is 3.06. The Kier molecular flexibility index (Phi) is 4.90. The second kappa shape index (κ2) is 7.27. The molecule has 0 radical (unpaired) electrons. The van der Waals surface area contributed by atoms with Gasteiger partial charge in [-0.25, -0.2) is 4.68 Å². The third-order valence-corrected chi connectivity index (χ3v) is 3.82. The van der Waals surface area contributed by atoms with E-state index >= 15 is 0 Å². The number of ether oxygens (including phenoxy) is 1. The molecule has 0 saturated carbocycles. The van der Waals surface area contributed by atoms with Gasteiger partial charge >= 0.3 is 0 Å². The molecule has 7 nitrogen and oxygen atoms in total. The number of hydrogen-bond acceptors (Lipinski definition) is 4. The van der Waals surface area contributed by atoms with Crippen LogP contribution in [0.5, 0.6) is 0 Å². The largest absolute Gasteiger partial charge is 0.378 e. The zero-order valence-corrected chi connectivity index (χ0v) is 13.6. The van der Waals surface area contributed by atoms with E-state index in [1.165, 1.54) is 0 Å². The summed E-state index contributed by atoms with van der Waals surface area (Å²) in [6.45, 7) is 3.94. The molecule has 1 saturated heterocycles. The lowest BCUT2D eigenvalue weighted by atomic mass is 10.3. The van der Waals surface area contributed by atoms with Gasteiger partial charge in [0.15, 0.2) is 5.69 Å². The first kappa shape index (κ1) is 16.2. The molecule has 3 rings (SSSR count). The summed E-state index contributed by atoms with van der Waals surface area (Å²) in [6, 6.07) is 11.0. The highest BCUT2D eigenvalue weighted by Crippen LogP contribution is 2.19. The number of para-hydroxylation sites is 1. The number of morpholine rings is 1. The van der Waals surface area contributed by atoms with Gasteiger partial charge in [-0.3, -0.25) is 9.59 Å². The summed E-state index contributed by atoms with van der Waals surface area (Å²) in [6.07, 6.45) is 0.354. The molecule has 0 spiro atoms. The molecule has 0 aliphatic carbocycles. The molecular formula is C17H20N4O3. The minimum absolute atomic E-state index is 0.127. The molecule has 0 atom stereocenters. The lowest BCUT2D eigenvalue weighted by Crippen LogP contribution is -2.40. The van der Waals surface area contributed by atoms with Crippen molar-refractivity contribution in [3.8, 4) is 5.69 Å². The van der Waals surface area contributed by atoms with Crippen molar-refractivity contribution in [1.82, 2.24) is 14.7 Å². The number of carbonyl (C=O) groups is 2. The van der Waals surface area contributed by atoms with E-state index in [-0.39, 0.29) is 11.8 Å². The second-order valence-corrected chi connectivity index (χ2v) is 5.47. The molecule has 2 amide bonds. The van der Waals surface area contributed by atoms with Crippen LogP contribution in [0.15, 0.2) is 36.4 Å². The minimum atomic E-state index is -0.153. The fraction of sp³-hybridized carbons (Fsp3) is 0.353. The summed E-state index contributed by atoms with van der Waals surface area (Å²) in [7, 11) is 0. The van der Waals surface area contributed by atoms with Crippen LogP contribution in [-0.2, 0) is 9.53 Å². The number of anilines is 1. The van der Waals surface area contributed by atoms with Gasteiger partial charge in [0.1, 0.15) is 5.82 Å². The molecule has 126 valence electrons. The first-order valence-corrected chi connectivity index (χ1v) is 8.01. The van der Waals surface area contributed by atoms with Crippen molar-refractivity contribution in [2.45, 2.75) is 13.3 Å². The SMILES string of the molecule is CCC(=O)Nc1cc(C(=O)N2CCOCC2)nn1-c1ccccc1. The van der Waals surface area contributed by atoms with Crippen LogP contribution in [0.3, 0.4) is 0 Å². The fourth-order valence-electron chi connectivity index (χ4n) is 2.50. The van der Waals surface area contributed by atoms with Crippen LogP contribution < -0.4 is 5.32 Å². The summed E-state index contributed by atoms with van der Waals surface area (Å²) in [5.74, 6) is 0.210. The quantitative estimate of drug-likeness (QED) is 0.927. The normalized spacial score (nSPS) is 14.5. The van der Waals surface area contributed by atoms with Crippen molar-refractivity contribution in [3.63, 3.8) is 0 Å². The minimum Gasteiger partial charge on any atom is -0.378 e. The summed E-state index contributed by atoms with van der Waals surface area (Å²) in [4.78, 5) is 26.1. The maximum absolute atomic E-state index is 12.6. The highest BCUT2D eigenvalue weighted by molar-refractivity contribution is 5.95. The third-order valence-electron chi connectivity index (χ3n) is 3.82. The van der Waals surface area contributed by atoms with E-state index in [2.05, 4.69) is 10.4 Å². The molecule has 0 bridgehead atoms. The number of amides is 2. The van der Waals surface area contributed by atoms with E-state index in [0.717, 1.165) is 5.69 Å². The molecule has 2 heterocycles. The molecule has 1 aromatic carbocycles.